The van der Waals surface area contributed by atoms with E-state index in [0.29, 0.717) is 28.9 Å². The molecule has 1 atom stereocenters. The summed E-state index contributed by atoms with van der Waals surface area (Å²) >= 11 is 6.27. The molecule has 0 radical (unpaired) electrons. The summed E-state index contributed by atoms with van der Waals surface area (Å²) < 4.78 is 12.6. The molecule has 5 rings (SSSR count). The van der Waals surface area contributed by atoms with Crippen molar-refractivity contribution >= 4 is 40.6 Å². The van der Waals surface area contributed by atoms with Crippen molar-refractivity contribution in [1.29, 1.82) is 0 Å². The minimum absolute atomic E-state index is 0.102. The van der Waals surface area contributed by atoms with Crippen molar-refractivity contribution in [2.24, 2.45) is 5.73 Å². The van der Waals surface area contributed by atoms with Crippen molar-refractivity contribution in [3.05, 3.63) is 88.7 Å². The molecular weight excluding hydrogens is 508 g/mol. The van der Waals surface area contributed by atoms with Crippen LogP contribution in [0.4, 0.5) is 5.69 Å². The smallest absolute Gasteiger partial charge is 0.339 e. The SMILES string of the molecule is CN(C(=O)c1ccn2ncc(-c3ccc(C(N)=O)cc3)c2c1)c1ccc(Cl)c(C(=O)OC[C@H]2CCCO2)c1. The van der Waals surface area contributed by atoms with Gasteiger partial charge in [0.1, 0.15) is 6.61 Å². The number of halogens is 1. The fourth-order valence-electron chi connectivity index (χ4n) is 4.36. The standard InChI is InChI=1S/C28H25ClN4O5/c1-32(20-8-9-24(29)22(14-20)28(36)38-16-21-3-2-12-37-21)27(35)19-10-11-33-25(13-19)23(15-31-33)17-4-6-18(7-5-17)26(30)34/h4-11,13-15,21H,2-3,12,16H2,1H3,(H2,30,34)/t21-/m1/s1. The molecule has 0 spiro atoms. The van der Waals surface area contributed by atoms with Gasteiger partial charge in [0.05, 0.1) is 28.4 Å². The van der Waals surface area contributed by atoms with E-state index in [-0.39, 0.29) is 29.2 Å². The molecule has 2 aromatic carbocycles. The zero-order chi connectivity index (χ0) is 26.8. The molecule has 10 heteroatoms. The Kier molecular flexibility index (Phi) is 7.13. The van der Waals surface area contributed by atoms with Crippen molar-refractivity contribution in [1.82, 2.24) is 9.61 Å². The predicted molar refractivity (Wildman–Crippen MR) is 143 cm³/mol. The van der Waals surface area contributed by atoms with E-state index in [1.54, 1.807) is 78.6 Å². The van der Waals surface area contributed by atoms with Gasteiger partial charge in [-0.1, -0.05) is 23.7 Å². The van der Waals surface area contributed by atoms with Crippen LogP contribution in [0.2, 0.25) is 5.02 Å². The Labute approximate surface area is 223 Å². The van der Waals surface area contributed by atoms with Crippen LogP contribution in [0.15, 0.2) is 67.0 Å². The second kappa shape index (κ2) is 10.6. The van der Waals surface area contributed by atoms with Crippen LogP contribution < -0.4 is 10.6 Å². The summed E-state index contributed by atoms with van der Waals surface area (Å²) in [5, 5.41) is 4.60. The van der Waals surface area contributed by atoms with E-state index >= 15 is 0 Å². The van der Waals surface area contributed by atoms with E-state index in [1.807, 2.05) is 0 Å². The third-order valence-electron chi connectivity index (χ3n) is 6.54. The minimum atomic E-state index is -0.569. The lowest BCUT2D eigenvalue weighted by atomic mass is 10.0. The highest BCUT2D eigenvalue weighted by Gasteiger charge is 2.22. The first-order valence-electron chi connectivity index (χ1n) is 12.1. The molecule has 38 heavy (non-hydrogen) atoms. The number of hydrogen-bond acceptors (Lipinski definition) is 6. The molecule has 194 valence electrons. The van der Waals surface area contributed by atoms with E-state index in [9.17, 15) is 14.4 Å². The summed E-state index contributed by atoms with van der Waals surface area (Å²) in [5.74, 6) is -1.36. The van der Waals surface area contributed by atoms with E-state index < -0.39 is 11.9 Å². The first-order chi connectivity index (χ1) is 18.3. The number of nitrogens with zero attached hydrogens (tertiary/aromatic N) is 3. The van der Waals surface area contributed by atoms with E-state index in [4.69, 9.17) is 26.8 Å². The predicted octanol–water partition coefficient (Wildman–Crippen LogP) is 4.37. The number of esters is 1. The van der Waals surface area contributed by atoms with Gasteiger partial charge >= 0.3 is 5.97 Å². The van der Waals surface area contributed by atoms with E-state index in [0.717, 1.165) is 24.0 Å². The van der Waals surface area contributed by atoms with Crippen LogP contribution in [0.5, 0.6) is 0 Å². The molecule has 4 aromatic rings. The number of fused-ring (bicyclic) bond motifs is 1. The second-order valence-electron chi connectivity index (χ2n) is 9.01. The fourth-order valence-corrected chi connectivity index (χ4v) is 4.56. The molecule has 2 aromatic heterocycles. The number of benzene rings is 2. The van der Waals surface area contributed by atoms with E-state index in [2.05, 4.69) is 5.10 Å². The van der Waals surface area contributed by atoms with Gasteiger partial charge in [-0.15, -0.1) is 0 Å². The first-order valence-corrected chi connectivity index (χ1v) is 12.4. The number of nitrogens with two attached hydrogens (primary N) is 1. The van der Waals surface area contributed by atoms with Crippen molar-refractivity contribution in [3.8, 4) is 11.1 Å². The van der Waals surface area contributed by atoms with Crippen LogP contribution in [0.25, 0.3) is 16.6 Å². The molecular formula is C28H25ClN4O5. The molecule has 2 amide bonds. The monoisotopic (exact) mass is 532 g/mol. The van der Waals surface area contributed by atoms with Crippen LogP contribution in [0.1, 0.15) is 43.9 Å². The Hall–Kier alpha value is -4.21. The van der Waals surface area contributed by atoms with Gasteiger partial charge in [-0.2, -0.15) is 5.10 Å². The van der Waals surface area contributed by atoms with Crippen molar-refractivity contribution in [3.63, 3.8) is 0 Å². The van der Waals surface area contributed by atoms with Crippen molar-refractivity contribution in [2.45, 2.75) is 18.9 Å². The average molecular weight is 533 g/mol. The minimum Gasteiger partial charge on any atom is -0.459 e. The van der Waals surface area contributed by atoms with Crippen molar-refractivity contribution < 1.29 is 23.9 Å². The molecule has 1 fully saturated rings. The number of anilines is 1. The summed E-state index contributed by atoms with van der Waals surface area (Å²) in [4.78, 5) is 38.9. The Balaban J connectivity index is 1.38. The highest BCUT2D eigenvalue weighted by Crippen LogP contribution is 2.28. The van der Waals surface area contributed by atoms with Gasteiger partial charge in [0.25, 0.3) is 5.91 Å². The lowest BCUT2D eigenvalue weighted by Gasteiger charge is -2.19. The first kappa shape index (κ1) is 25.4. The maximum atomic E-state index is 13.4. The zero-order valence-electron chi connectivity index (χ0n) is 20.6. The van der Waals surface area contributed by atoms with Gasteiger partial charge in [0.15, 0.2) is 0 Å². The third-order valence-corrected chi connectivity index (χ3v) is 6.86. The Bertz CT molecular complexity index is 1530. The molecule has 0 aliphatic carbocycles. The van der Waals surface area contributed by atoms with Gasteiger partial charge in [0, 0.05) is 42.2 Å². The van der Waals surface area contributed by atoms with Crippen LogP contribution in [0.3, 0.4) is 0 Å². The van der Waals surface area contributed by atoms with Crippen LogP contribution >= 0.6 is 11.6 Å². The highest BCUT2D eigenvalue weighted by atomic mass is 35.5. The summed E-state index contributed by atoms with van der Waals surface area (Å²) in [7, 11) is 1.62. The number of pyridine rings is 1. The quantitative estimate of drug-likeness (QED) is 0.353. The fraction of sp³-hybridized carbons (Fsp3) is 0.214. The number of hydrogen-bond donors (Lipinski definition) is 1. The Morgan fingerprint density at radius 2 is 1.92 bits per heavy atom. The topological polar surface area (TPSA) is 116 Å². The van der Waals surface area contributed by atoms with Gasteiger partial charge in [0.2, 0.25) is 5.91 Å². The molecule has 2 N–H and O–H groups in total. The maximum Gasteiger partial charge on any atom is 0.339 e. The Morgan fingerprint density at radius 1 is 1.13 bits per heavy atom. The van der Waals surface area contributed by atoms with Crippen LogP contribution in [-0.2, 0) is 9.47 Å². The molecule has 0 bridgehead atoms. The van der Waals surface area contributed by atoms with E-state index in [1.165, 1.54) is 4.90 Å². The lowest BCUT2D eigenvalue weighted by Crippen LogP contribution is -2.26. The number of amides is 2. The molecule has 1 aliphatic heterocycles. The zero-order valence-corrected chi connectivity index (χ0v) is 21.4. The highest BCUT2D eigenvalue weighted by molar-refractivity contribution is 6.33. The average Bonchev–Trinajstić information content (AvgIpc) is 3.61. The molecule has 3 heterocycles. The van der Waals surface area contributed by atoms with Crippen LogP contribution in [0, 0.1) is 0 Å². The Morgan fingerprint density at radius 3 is 2.63 bits per heavy atom. The number of aromatic nitrogens is 2. The summed E-state index contributed by atoms with van der Waals surface area (Å²) in [6.07, 6.45) is 5.09. The molecule has 0 saturated carbocycles. The van der Waals surface area contributed by atoms with Crippen LogP contribution in [-0.4, -0.2) is 53.8 Å². The number of primary amides is 1. The molecule has 1 saturated heterocycles. The number of ether oxygens (including phenoxy) is 2. The van der Waals surface area contributed by atoms with Gasteiger partial charge in [-0.05, 0) is 60.9 Å². The largest absolute Gasteiger partial charge is 0.459 e. The van der Waals surface area contributed by atoms with Gasteiger partial charge < -0.3 is 20.1 Å². The summed E-state index contributed by atoms with van der Waals surface area (Å²) in [5.41, 5.74) is 9.16. The molecule has 1 aliphatic rings. The molecule has 9 nitrogen and oxygen atoms in total. The van der Waals surface area contributed by atoms with Crippen molar-refractivity contribution in [2.75, 3.05) is 25.2 Å². The third kappa shape index (κ3) is 5.11. The maximum absolute atomic E-state index is 13.4. The number of carbonyl (C=O) groups is 3. The van der Waals surface area contributed by atoms with Gasteiger partial charge in [-0.25, -0.2) is 9.31 Å². The normalized spacial score (nSPS) is 14.9. The second-order valence-corrected chi connectivity index (χ2v) is 9.41. The number of rotatable bonds is 7. The number of carbonyl (C=O) groups excluding carboxylic acids is 3. The molecule has 0 unspecified atom stereocenters. The summed E-state index contributed by atoms with van der Waals surface area (Å²) in [6.45, 7) is 0.826. The summed E-state index contributed by atoms with van der Waals surface area (Å²) in [6, 6.07) is 15.1. The van der Waals surface area contributed by atoms with Gasteiger partial charge in [-0.3, -0.25) is 9.59 Å². The lowest BCUT2D eigenvalue weighted by molar-refractivity contribution is 0.0161.